The van der Waals surface area contributed by atoms with E-state index in [-0.39, 0.29) is 18.0 Å². The third-order valence-corrected chi connectivity index (χ3v) is 8.75. The number of likely N-dealkylation sites (tertiary alicyclic amines) is 1. The lowest BCUT2D eigenvalue weighted by molar-refractivity contribution is -0.137. The predicted molar refractivity (Wildman–Crippen MR) is 137 cm³/mol. The number of imide groups is 1. The SMILES string of the molecule is CCN1C(=O)N(C2Cc3ccccc3C2)C(=O)C12CCN(Cc1cccc(N3CCCC3)c1)CC2. The number of hydrogen-bond donors (Lipinski definition) is 0. The Labute approximate surface area is 208 Å². The van der Waals surface area contributed by atoms with Crippen LogP contribution in [0.4, 0.5) is 10.5 Å². The van der Waals surface area contributed by atoms with Crippen LogP contribution >= 0.6 is 0 Å². The first-order valence-corrected chi connectivity index (χ1v) is 13.4. The lowest BCUT2D eigenvalue weighted by Gasteiger charge is -2.42. The molecule has 0 unspecified atom stereocenters. The van der Waals surface area contributed by atoms with Gasteiger partial charge in [-0.05, 0) is 74.3 Å². The summed E-state index contributed by atoms with van der Waals surface area (Å²) in [6.07, 6.45) is 5.55. The number of piperidine rings is 1. The molecule has 4 aliphatic rings. The Morgan fingerprint density at radius 3 is 2.23 bits per heavy atom. The summed E-state index contributed by atoms with van der Waals surface area (Å²) in [5.41, 5.74) is 4.53. The van der Waals surface area contributed by atoms with Crippen LogP contribution in [0.2, 0.25) is 0 Å². The fraction of sp³-hybridized carbons (Fsp3) is 0.517. The van der Waals surface area contributed by atoms with Crippen molar-refractivity contribution >= 4 is 17.6 Å². The number of carbonyl (C=O) groups excluding carboxylic acids is 2. The van der Waals surface area contributed by atoms with E-state index in [9.17, 15) is 9.59 Å². The highest BCUT2D eigenvalue weighted by Crippen LogP contribution is 2.40. The molecule has 35 heavy (non-hydrogen) atoms. The standard InChI is InChI=1S/C29H36N4O2/c1-2-32-28(35)33(26-19-23-9-3-4-10-24(23)20-26)27(34)29(32)12-16-30(17-13-29)21-22-8-7-11-25(18-22)31-14-5-6-15-31/h3-4,7-11,18,26H,2,5-6,12-17,19-21H2,1H3. The molecule has 0 aromatic heterocycles. The first kappa shape index (κ1) is 22.6. The van der Waals surface area contributed by atoms with Crippen LogP contribution in [0.5, 0.6) is 0 Å². The van der Waals surface area contributed by atoms with Crippen LogP contribution in [0.1, 0.15) is 49.3 Å². The number of hydrogen-bond acceptors (Lipinski definition) is 4. The highest BCUT2D eigenvalue weighted by Gasteiger charge is 2.59. The van der Waals surface area contributed by atoms with E-state index in [1.807, 2.05) is 24.0 Å². The highest BCUT2D eigenvalue weighted by atomic mass is 16.2. The minimum Gasteiger partial charge on any atom is -0.372 e. The number of amides is 3. The van der Waals surface area contributed by atoms with Gasteiger partial charge in [0.2, 0.25) is 0 Å². The predicted octanol–water partition coefficient (Wildman–Crippen LogP) is 4.07. The van der Waals surface area contributed by atoms with E-state index in [4.69, 9.17) is 0 Å². The summed E-state index contributed by atoms with van der Waals surface area (Å²) < 4.78 is 0. The van der Waals surface area contributed by atoms with Gasteiger partial charge in [0.15, 0.2) is 0 Å². The van der Waals surface area contributed by atoms with Crippen molar-refractivity contribution in [3.8, 4) is 0 Å². The van der Waals surface area contributed by atoms with Crippen molar-refractivity contribution in [1.82, 2.24) is 14.7 Å². The van der Waals surface area contributed by atoms with E-state index in [2.05, 4.69) is 46.2 Å². The molecule has 3 amide bonds. The minimum atomic E-state index is -0.672. The molecule has 3 saturated heterocycles. The van der Waals surface area contributed by atoms with Gasteiger partial charge >= 0.3 is 6.03 Å². The molecule has 6 heteroatoms. The molecule has 0 saturated carbocycles. The molecule has 6 rings (SSSR count). The maximum Gasteiger partial charge on any atom is 0.327 e. The monoisotopic (exact) mass is 472 g/mol. The lowest BCUT2D eigenvalue weighted by Crippen LogP contribution is -2.56. The summed E-state index contributed by atoms with van der Waals surface area (Å²) in [5.74, 6) is 0.0397. The fourth-order valence-electron chi connectivity index (χ4n) is 6.87. The van der Waals surface area contributed by atoms with Gasteiger partial charge in [-0.1, -0.05) is 36.4 Å². The van der Waals surface area contributed by atoms with E-state index in [0.29, 0.717) is 19.4 Å². The number of fused-ring (bicyclic) bond motifs is 1. The third-order valence-electron chi connectivity index (χ3n) is 8.75. The molecule has 0 atom stereocenters. The maximum atomic E-state index is 13.9. The first-order valence-electron chi connectivity index (χ1n) is 13.4. The topological polar surface area (TPSA) is 47.1 Å². The van der Waals surface area contributed by atoms with Crippen LogP contribution in [0, 0.1) is 0 Å². The van der Waals surface area contributed by atoms with E-state index in [1.165, 1.54) is 35.2 Å². The number of nitrogens with zero attached hydrogens (tertiary/aromatic N) is 4. The summed E-state index contributed by atoms with van der Waals surface area (Å²) in [7, 11) is 0. The quantitative estimate of drug-likeness (QED) is 0.616. The number of anilines is 1. The molecule has 0 N–H and O–H groups in total. The summed E-state index contributed by atoms with van der Waals surface area (Å²) in [5, 5.41) is 0. The van der Waals surface area contributed by atoms with Gasteiger partial charge in [-0.15, -0.1) is 0 Å². The second-order valence-electron chi connectivity index (χ2n) is 10.7. The zero-order valence-electron chi connectivity index (χ0n) is 20.8. The molecular formula is C29H36N4O2. The van der Waals surface area contributed by atoms with Crippen molar-refractivity contribution in [2.75, 3.05) is 37.6 Å². The molecule has 3 aliphatic heterocycles. The second kappa shape index (κ2) is 8.98. The average Bonchev–Trinajstić information content (AvgIpc) is 3.59. The smallest absolute Gasteiger partial charge is 0.327 e. The summed E-state index contributed by atoms with van der Waals surface area (Å²) in [4.78, 5) is 35.8. The van der Waals surface area contributed by atoms with Crippen molar-refractivity contribution in [3.63, 3.8) is 0 Å². The Bertz CT molecular complexity index is 1090. The molecular weight excluding hydrogens is 436 g/mol. The normalized spacial score (nSPS) is 22.6. The van der Waals surface area contributed by atoms with E-state index >= 15 is 0 Å². The zero-order valence-corrected chi connectivity index (χ0v) is 20.8. The van der Waals surface area contributed by atoms with Crippen molar-refractivity contribution in [2.24, 2.45) is 0 Å². The van der Waals surface area contributed by atoms with Crippen LogP contribution in [0.3, 0.4) is 0 Å². The number of likely N-dealkylation sites (N-methyl/N-ethyl adjacent to an activating group) is 1. The zero-order chi connectivity index (χ0) is 24.0. The molecule has 0 bridgehead atoms. The highest BCUT2D eigenvalue weighted by molar-refractivity contribution is 6.07. The van der Waals surface area contributed by atoms with Crippen LogP contribution < -0.4 is 4.90 Å². The van der Waals surface area contributed by atoms with Gasteiger partial charge in [0.05, 0.1) is 0 Å². The second-order valence-corrected chi connectivity index (χ2v) is 10.7. The Hall–Kier alpha value is -2.86. The number of benzene rings is 2. The van der Waals surface area contributed by atoms with Gasteiger partial charge in [-0.25, -0.2) is 4.79 Å². The number of carbonyl (C=O) groups is 2. The first-order chi connectivity index (χ1) is 17.1. The van der Waals surface area contributed by atoms with Crippen molar-refractivity contribution < 1.29 is 9.59 Å². The van der Waals surface area contributed by atoms with Crippen LogP contribution in [-0.2, 0) is 24.2 Å². The minimum absolute atomic E-state index is 0.0397. The molecule has 2 aromatic carbocycles. The summed E-state index contributed by atoms with van der Waals surface area (Å²) >= 11 is 0. The Kier molecular flexibility index (Phi) is 5.79. The van der Waals surface area contributed by atoms with Crippen molar-refractivity contribution in [1.29, 1.82) is 0 Å². The van der Waals surface area contributed by atoms with Crippen LogP contribution in [0.25, 0.3) is 0 Å². The molecule has 0 radical (unpaired) electrons. The Morgan fingerprint density at radius 1 is 0.886 bits per heavy atom. The van der Waals surface area contributed by atoms with Gasteiger partial charge in [0, 0.05) is 51.0 Å². The van der Waals surface area contributed by atoms with Gasteiger partial charge in [-0.2, -0.15) is 0 Å². The lowest BCUT2D eigenvalue weighted by atomic mass is 9.85. The molecule has 6 nitrogen and oxygen atoms in total. The van der Waals surface area contributed by atoms with Crippen LogP contribution in [0.15, 0.2) is 48.5 Å². The van der Waals surface area contributed by atoms with E-state index in [0.717, 1.165) is 45.6 Å². The molecule has 3 heterocycles. The van der Waals surface area contributed by atoms with Crippen LogP contribution in [-0.4, -0.2) is 70.9 Å². The number of urea groups is 1. The molecule has 1 spiro atoms. The average molecular weight is 473 g/mol. The summed E-state index contributed by atoms with van der Waals surface area (Å²) in [6.45, 7) is 7.47. The maximum absolute atomic E-state index is 13.9. The van der Waals surface area contributed by atoms with Crippen molar-refractivity contribution in [2.45, 2.75) is 63.6 Å². The summed E-state index contributed by atoms with van der Waals surface area (Å²) in [6, 6.07) is 17.2. The van der Waals surface area contributed by atoms with Crippen molar-refractivity contribution in [3.05, 3.63) is 65.2 Å². The molecule has 2 aromatic rings. The van der Waals surface area contributed by atoms with Gasteiger partial charge in [0.25, 0.3) is 5.91 Å². The Balaban J connectivity index is 1.15. The largest absolute Gasteiger partial charge is 0.372 e. The molecule has 3 fully saturated rings. The molecule has 1 aliphatic carbocycles. The van der Waals surface area contributed by atoms with Gasteiger partial charge < -0.3 is 9.80 Å². The number of rotatable bonds is 5. The third kappa shape index (κ3) is 3.83. The van der Waals surface area contributed by atoms with E-state index in [1.54, 1.807) is 4.90 Å². The Morgan fingerprint density at radius 2 is 1.57 bits per heavy atom. The van der Waals surface area contributed by atoms with Gasteiger partial charge in [0.1, 0.15) is 5.54 Å². The molecule has 184 valence electrons. The van der Waals surface area contributed by atoms with E-state index < -0.39 is 5.54 Å². The fourth-order valence-corrected chi connectivity index (χ4v) is 6.87. The van der Waals surface area contributed by atoms with Gasteiger partial charge in [-0.3, -0.25) is 14.6 Å².